The second kappa shape index (κ2) is 8.85. The molecule has 0 aliphatic heterocycles. The fourth-order valence-corrected chi connectivity index (χ4v) is 2.98. The average Bonchev–Trinajstić information content (AvgIpc) is 3.24. The van der Waals surface area contributed by atoms with Crippen LogP contribution in [-0.4, -0.2) is 38.7 Å². The highest BCUT2D eigenvalue weighted by Gasteiger charge is 2.20. The standard InChI is InChI=1S/C19H26ClN5O/c1-5-10-24(7-3)19(26)13(4)11-16(21)25-17(6-2)22-18(23-25)14-8-9-15(20)12-14/h5,8-9,11,13H,1,6-7,10,12,21H2,2-4H3/b16-11-. The predicted octanol–water partition coefficient (Wildman–Crippen LogP) is 3.18. The number of nitrogens with zero attached hydrogens (tertiary/aromatic N) is 4. The zero-order valence-corrected chi connectivity index (χ0v) is 16.3. The third-order valence-corrected chi connectivity index (χ3v) is 4.46. The number of nitrogens with two attached hydrogens (primary N) is 1. The van der Waals surface area contributed by atoms with Crippen LogP contribution in [-0.2, 0) is 11.2 Å². The minimum Gasteiger partial charge on any atom is -0.384 e. The molecule has 1 aliphatic rings. The summed E-state index contributed by atoms with van der Waals surface area (Å²) in [4.78, 5) is 18.8. The van der Waals surface area contributed by atoms with E-state index in [4.69, 9.17) is 17.3 Å². The van der Waals surface area contributed by atoms with Gasteiger partial charge in [0.2, 0.25) is 5.91 Å². The Balaban J connectivity index is 2.23. The van der Waals surface area contributed by atoms with Gasteiger partial charge in [-0.15, -0.1) is 11.7 Å². The van der Waals surface area contributed by atoms with Crippen LogP contribution in [0.1, 0.15) is 38.8 Å². The third-order valence-electron chi connectivity index (χ3n) is 4.20. The Labute approximate surface area is 159 Å². The maximum absolute atomic E-state index is 12.5. The van der Waals surface area contributed by atoms with Crippen molar-refractivity contribution in [1.82, 2.24) is 19.7 Å². The highest BCUT2D eigenvalue weighted by Crippen LogP contribution is 2.28. The van der Waals surface area contributed by atoms with E-state index in [9.17, 15) is 4.79 Å². The molecule has 6 nitrogen and oxygen atoms in total. The molecule has 26 heavy (non-hydrogen) atoms. The van der Waals surface area contributed by atoms with E-state index in [2.05, 4.69) is 16.7 Å². The molecule has 0 spiro atoms. The number of carbonyl (C=O) groups excluding carboxylic acids is 1. The lowest BCUT2D eigenvalue weighted by Gasteiger charge is -2.21. The number of amides is 1. The minimum absolute atomic E-state index is 0.00298. The SMILES string of the molecule is C=CCN(CC)C(=O)C(C)/C=C(/N)n1nc(C2=CC=C(Cl)C2)nc1CC. The molecule has 1 aromatic rings. The van der Waals surface area contributed by atoms with E-state index in [1.54, 1.807) is 21.7 Å². The lowest BCUT2D eigenvalue weighted by molar-refractivity contribution is -0.132. The summed E-state index contributed by atoms with van der Waals surface area (Å²) in [5.74, 6) is 1.40. The smallest absolute Gasteiger partial charge is 0.229 e. The van der Waals surface area contributed by atoms with Gasteiger partial charge in [-0.2, -0.15) is 0 Å². The molecule has 0 aromatic carbocycles. The van der Waals surface area contributed by atoms with Gasteiger partial charge in [0.05, 0.1) is 5.92 Å². The molecule has 7 heteroatoms. The summed E-state index contributed by atoms with van der Waals surface area (Å²) in [6, 6.07) is 0. The van der Waals surface area contributed by atoms with Crippen LogP contribution in [0.4, 0.5) is 0 Å². The summed E-state index contributed by atoms with van der Waals surface area (Å²) >= 11 is 6.03. The van der Waals surface area contributed by atoms with Crippen LogP contribution >= 0.6 is 11.6 Å². The molecule has 1 unspecified atom stereocenters. The molecule has 1 heterocycles. The second-order valence-corrected chi connectivity index (χ2v) is 6.63. The number of aromatic nitrogens is 3. The first-order chi connectivity index (χ1) is 12.4. The molecule has 1 atom stereocenters. The third kappa shape index (κ3) is 4.43. The maximum Gasteiger partial charge on any atom is 0.229 e. The van der Waals surface area contributed by atoms with Crippen molar-refractivity contribution in [3.63, 3.8) is 0 Å². The molecule has 1 amide bonds. The highest BCUT2D eigenvalue weighted by atomic mass is 35.5. The monoisotopic (exact) mass is 375 g/mol. The predicted molar refractivity (Wildman–Crippen MR) is 106 cm³/mol. The van der Waals surface area contributed by atoms with Crippen molar-refractivity contribution >= 4 is 28.9 Å². The zero-order valence-electron chi connectivity index (χ0n) is 15.6. The van der Waals surface area contributed by atoms with Gasteiger partial charge < -0.3 is 10.6 Å². The second-order valence-electron chi connectivity index (χ2n) is 6.14. The van der Waals surface area contributed by atoms with Gasteiger partial charge in [0.25, 0.3) is 0 Å². The van der Waals surface area contributed by atoms with Gasteiger partial charge in [-0.1, -0.05) is 30.7 Å². The minimum atomic E-state index is -0.367. The van der Waals surface area contributed by atoms with E-state index < -0.39 is 0 Å². The Morgan fingerprint density at radius 2 is 2.23 bits per heavy atom. The summed E-state index contributed by atoms with van der Waals surface area (Å²) in [7, 11) is 0. The molecule has 0 radical (unpaired) electrons. The van der Waals surface area contributed by atoms with Gasteiger partial charge in [0.1, 0.15) is 11.6 Å². The molecule has 140 valence electrons. The Morgan fingerprint density at radius 1 is 1.50 bits per heavy atom. The quantitative estimate of drug-likeness (QED) is 0.708. The first kappa shape index (κ1) is 20.0. The fourth-order valence-electron chi connectivity index (χ4n) is 2.78. The number of likely N-dealkylation sites (N-methyl/N-ethyl adjacent to an activating group) is 1. The van der Waals surface area contributed by atoms with Crippen LogP contribution in [0.3, 0.4) is 0 Å². The number of allylic oxidation sites excluding steroid dienone is 4. The molecule has 1 aromatic heterocycles. The Hall–Kier alpha value is -2.34. The van der Waals surface area contributed by atoms with Crippen molar-refractivity contribution in [1.29, 1.82) is 0 Å². The summed E-state index contributed by atoms with van der Waals surface area (Å²) in [5.41, 5.74) is 7.20. The van der Waals surface area contributed by atoms with Crippen LogP contribution in [0.2, 0.25) is 0 Å². The van der Waals surface area contributed by atoms with Crippen LogP contribution in [0.25, 0.3) is 11.4 Å². The molecule has 0 bridgehead atoms. The van der Waals surface area contributed by atoms with Gasteiger partial charge in [0.15, 0.2) is 5.82 Å². The van der Waals surface area contributed by atoms with Gasteiger partial charge in [-0.25, -0.2) is 9.67 Å². The van der Waals surface area contributed by atoms with Crippen LogP contribution in [0.15, 0.2) is 35.9 Å². The van der Waals surface area contributed by atoms with E-state index in [1.807, 2.05) is 32.9 Å². The highest BCUT2D eigenvalue weighted by molar-refractivity contribution is 6.30. The summed E-state index contributed by atoms with van der Waals surface area (Å²) in [6.45, 7) is 10.6. The van der Waals surface area contributed by atoms with Gasteiger partial charge >= 0.3 is 0 Å². The molecule has 0 saturated carbocycles. The fraction of sp³-hybridized carbons (Fsp3) is 0.421. The topological polar surface area (TPSA) is 77.0 Å². The van der Waals surface area contributed by atoms with E-state index >= 15 is 0 Å². The Morgan fingerprint density at radius 3 is 2.77 bits per heavy atom. The number of rotatable bonds is 8. The van der Waals surface area contributed by atoms with Crippen molar-refractivity contribution in [2.75, 3.05) is 13.1 Å². The summed E-state index contributed by atoms with van der Waals surface area (Å²) < 4.78 is 1.61. The number of hydrogen-bond acceptors (Lipinski definition) is 4. The first-order valence-electron chi connectivity index (χ1n) is 8.80. The molecule has 0 fully saturated rings. The van der Waals surface area contributed by atoms with Gasteiger partial charge in [0, 0.05) is 36.5 Å². The van der Waals surface area contributed by atoms with Crippen LogP contribution < -0.4 is 5.73 Å². The lowest BCUT2D eigenvalue weighted by atomic mass is 10.1. The molecular weight excluding hydrogens is 350 g/mol. The van der Waals surface area contributed by atoms with E-state index in [0.717, 1.165) is 16.4 Å². The first-order valence-corrected chi connectivity index (χ1v) is 9.17. The largest absolute Gasteiger partial charge is 0.384 e. The van der Waals surface area contributed by atoms with Crippen LogP contribution in [0, 0.1) is 5.92 Å². The molecule has 0 saturated heterocycles. The number of carbonyl (C=O) groups is 1. The average molecular weight is 376 g/mol. The summed E-state index contributed by atoms with van der Waals surface area (Å²) in [5, 5.41) is 5.29. The van der Waals surface area contributed by atoms with Crippen molar-refractivity contribution in [3.05, 3.63) is 47.6 Å². The van der Waals surface area contributed by atoms with Gasteiger partial charge in [-0.05, 0) is 26.0 Å². The zero-order chi connectivity index (χ0) is 19.3. The number of aryl methyl sites for hydroxylation is 1. The van der Waals surface area contributed by atoms with E-state index in [-0.39, 0.29) is 11.8 Å². The molecule has 1 aliphatic carbocycles. The van der Waals surface area contributed by atoms with Crippen molar-refractivity contribution in [2.45, 2.75) is 33.6 Å². The molecule has 2 rings (SSSR count). The van der Waals surface area contributed by atoms with Gasteiger partial charge in [-0.3, -0.25) is 4.79 Å². The van der Waals surface area contributed by atoms with E-state index in [1.165, 1.54) is 0 Å². The lowest BCUT2D eigenvalue weighted by Crippen LogP contribution is -2.35. The van der Waals surface area contributed by atoms with Crippen molar-refractivity contribution in [2.24, 2.45) is 11.7 Å². The normalized spacial score (nSPS) is 15.5. The number of hydrogen-bond donors (Lipinski definition) is 1. The van der Waals surface area contributed by atoms with Crippen LogP contribution in [0.5, 0.6) is 0 Å². The Kier molecular flexibility index (Phi) is 6.80. The Bertz CT molecular complexity index is 775. The maximum atomic E-state index is 12.5. The molecular formula is C19H26ClN5O. The van der Waals surface area contributed by atoms with Crippen molar-refractivity contribution in [3.8, 4) is 0 Å². The van der Waals surface area contributed by atoms with Crippen molar-refractivity contribution < 1.29 is 4.79 Å². The summed E-state index contributed by atoms with van der Waals surface area (Å²) in [6.07, 6.45) is 8.51. The van der Waals surface area contributed by atoms with E-state index in [0.29, 0.717) is 37.6 Å². The number of halogens is 1. The molecule has 2 N–H and O–H groups in total.